The van der Waals surface area contributed by atoms with Crippen LogP contribution in [0.4, 0.5) is 0 Å². The van der Waals surface area contributed by atoms with Gasteiger partial charge in [0.1, 0.15) is 67.3 Å². The fourth-order valence-corrected chi connectivity index (χ4v) is 11.4. The Hall–Kier alpha value is -11.5. The van der Waals surface area contributed by atoms with Crippen LogP contribution in [0.1, 0.15) is 176 Å². The smallest absolute Gasteiger partial charge is 0.320 e. The summed E-state index contributed by atoms with van der Waals surface area (Å²) >= 11 is 0. The molecule has 0 rings (SSSR count). The Bertz CT molecular complexity index is 3520. The molecule has 696 valence electrons. The number of amides is 12. The standard InChI is InChI=1S/C74H121N15O34/c1-6-44(82-46(20-21-75)73(118)119)54(92)19-14-12-10-8-9-11-13-16-23-80-74(5,7-2)65(110)45(83-57(95)41-123-31-29-121-27-25-78-66(111)47(32-58(96)97)85-70(115)51(36-62(104)105)88-69(114)50(35-61(102)103)84-55(93)39-79-42(3)90)18-15-17-22-76-56(94)40-122-30-28-120-26-24-77-67(112)48(33-59(98)99)86-71(116)52(37-63(106)107)89-72(117)53(38-64(108)109)87-68(113)49(34-60(100)101)81-43(4)91/h44-53,80,82H,6-41,75H2,1-5H3,(H,76,94)(H,77,112)(H,78,111)(H,79,90)(H,81,91)(H,83,95)(H,84,93)(H,85,115)(H,86,116)(H,87,113)(H,88,114)(H,89,117)(H,96,97)(H,98,99)(H,100,101)(H,102,103)(H,104,105)(H,106,107)(H,108,109)(H,118,119). The van der Waals surface area contributed by atoms with E-state index >= 15 is 0 Å². The summed E-state index contributed by atoms with van der Waals surface area (Å²) in [5.41, 5.74) is 4.41. The molecule has 0 radical (unpaired) electrons. The molecule has 0 aliphatic heterocycles. The summed E-state index contributed by atoms with van der Waals surface area (Å²) in [7, 11) is 0. The van der Waals surface area contributed by atoms with Crippen LogP contribution in [0.25, 0.3) is 0 Å². The lowest BCUT2D eigenvalue weighted by Gasteiger charge is -2.33. The average Bonchev–Trinajstić information content (AvgIpc) is 0.835. The minimum Gasteiger partial charge on any atom is -0.481 e. The Labute approximate surface area is 707 Å². The molecule has 0 spiro atoms. The maximum atomic E-state index is 14.5. The van der Waals surface area contributed by atoms with Gasteiger partial charge in [0.2, 0.25) is 70.9 Å². The number of ketones is 2. The first-order valence-electron chi connectivity index (χ1n) is 39.8. The highest BCUT2D eigenvalue weighted by Gasteiger charge is 2.39. The van der Waals surface area contributed by atoms with Crippen molar-refractivity contribution in [2.45, 2.75) is 242 Å². The quantitative estimate of drug-likeness (QED) is 0.0252. The second-order valence-corrected chi connectivity index (χ2v) is 28.3. The Balaban J connectivity index is 5.83. The van der Waals surface area contributed by atoms with Gasteiger partial charge in [0.25, 0.3) is 0 Å². The van der Waals surface area contributed by atoms with Crippen LogP contribution in [0, 0.1) is 0 Å². The van der Waals surface area contributed by atoms with Crippen molar-refractivity contribution in [2.24, 2.45) is 5.73 Å². The maximum absolute atomic E-state index is 14.5. The van der Waals surface area contributed by atoms with Crippen LogP contribution in [-0.4, -0.2) is 329 Å². The molecule has 123 heavy (non-hydrogen) atoms. The molecule has 0 aliphatic carbocycles. The molecule has 0 saturated carbocycles. The van der Waals surface area contributed by atoms with Crippen molar-refractivity contribution in [3.05, 3.63) is 0 Å². The molecule has 0 aromatic rings. The van der Waals surface area contributed by atoms with Crippen molar-refractivity contribution in [3.63, 3.8) is 0 Å². The van der Waals surface area contributed by atoms with E-state index in [1.54, 1.807) is 13.8 Å². The molecule has 0 aromatic heterocycles. The van der Waals surface area contributed by atoms with Gasteiger partial charge < -0.3 is 135 Å². The second kappa shape index (κ2) is 63.4. The predicted octanol–water partition coefficient (Wildman–Crippen LogP) is -6.49. The number of nitrogens with one attached hydrogen (secondary N) is 14. The topological polar surface area (TPSA) is 769 Å². The largest absolute Gasteiger partial charge is 0.481 e. The van der Waals surface area contributed by atoms with Crippen molar-refractivity contribution >= 4 is 130 Å². The number of carbonyl (C=O) groups excluding carboxylic acids is 14. The molecule has 0 fully saturated rings. The van der Waals surface area contributed by atoms with Crippen LogP contribution in [0.2, 0.25) is 0 Å². The third kappa shape index (κ3) is 53.1. The lowest BCUT2D eigenvalue weighted by atomic mass is 9.86. The first kappa shape index (κ1) is 111. The van der Waals surface area contributed by atoms with E-state index in [0.29, 0.717) is 51.5 Å². The fourth-order valence-electron chi connectivity index (χ4n) is 11.4. The number of ether oxygens (including phenoxy) is 4. The molecule has 0 aliphatic rings. The molecule has 0 bridgehead atoms. The second-order valence-electron chi connectivity index (χ2n) is 28.3. The van der Waals surface area contributed by atoms with E-state index in [0.717, 1.165) is 52.4 Å². The van der Waals surface area contributed by atoms with E-state index in [2.05, 4.69) is 37.2 Å². The fraction of sp³-hybridized carbons (Fsp3) is 0.703. The molecule has 24 N–H and O–H groups in total. The van der Waals surface area contributed by atoms with Gasteiger partial charge in [-0.25, -0.2) is 0 Å². The number of hydrogen-bond acceptors (Lipinski definition) is 29. The Morgan fingerprint density at radius 2 is 0.691 bits per heavy atom. The number of nitrogens with two attached hydrogens (primary N) is 1. The Morgan fingerprint density at radius 1 is 0.333 bits per heavy atom. The number of carbonyl (C=O) groups is 22. The minimum atomic E-state index is -2.13. The molecule has 49 nitrogen and oxygen atoms in total. The van der Waals surface area contributed by atoms with Crippen LogP contribution < -0.4 is 80.2 Å². The maximum Gasteiger partial charge on any atom is 0.320 e. The molecule has 12 amide bonds. The van der Waals surface area contributed by atoms with Crippen molar-refractivity contribution < 1.29 is 165 Å². The average molecular weight is 1760 g/mol. The lowest BCUT2D eigenvalue weighted by molar-refractivity contribution is -0.144. The van der Waals surface area contributed by atoms with Gasteiger partial charge in [-0.05, 0) is 71.4 Å². The zero-order valence-electron chi connectivity index (χ0n) is 69.5. The van der Waals surface area contributed by atoms with Gasteiger partial charge in [-0.3, -0.25) is 111 Å². The molecule has 11 unspecified atom stereocenters. The molecule has 11 atom stereocenters. The molecule has 0 saturated heterocycles. The highest BCUT2D eigenvalue weighted by atomic mass is 16.5. The van der Waals surface area contributed by atoms with Gasteiger partial charge >= 0.3 is 47.8 Å². The zero-order chi connectivity index (χ0) is 93.2. The van der Waals surface area contributed by atoms with Crippen molar-refractivity contribution in [2.75, 3.05) is 92.1 Å². The number of Topliss-reactive ketones (excluding diaryl/α,β-unsaturated/α-hetero) is 2. The first-order valence-corrected chi connectivity index (χ1v) is 39.8. The summed E-state index contributed by atoms with van der Waals surface area (Å²) in [6.45, 7) is 4.52. The third-order valence-corrected chi connectivity index (χ3v) is 17.9. The molecule has 0 aromatic carbocycles. The van der Waals surface area contributed by atoms with Gasteiger partial charge in [-0.2, -0.15) is 0 Å². The van der Waals surface area contributed by atoms with Crippen molar-refractivity contribution in [1.29, 1.82) is 0 Å². The van der Waals surface area contributed by atoms with Crippen LogP contribution in [0.5, 0.6) is 0 Å². The van der Waals surface area contributed by atoms with E-state index in [1.807, 2.05) is 44.1 Å². The van der Waals surface area contributed by atoms with E-state index < -0.39 is 249 Å². The summed E-state index contributed by atoms with van der Waals surface area (Å²) in [5.74, 6) is -26.1. The highest BCUT2D eigenvalue weighted by Crippen LogP contribution is 2.19. The molecule has 0 heterocycles. The highest BCUT2D eigenvalue weighted by molar-refractivity contribution is 6.01. The van der Waals surface area contributed by atoms with Gasteiger partial charge in [0.15, 0.2) is 5.78 Å². The van der Waals surface area contributed by atoms with Gasteiger partial charge in [-0.1, -0.05) is 52.4 Å². The monoisotopic (exact) mass is 1760 g/mol. The SMILES string of the molecule is CCC(NC(CCN)C(=O)O)C(=O)CCCCCCCCCCNC(C)(CC)C(=O)C(CCCCNC(=O)COCCOCCNC(=O)C(CC(=O)O)NC(=O)C(CC(=O)O)NC(=O)C(CC(=O)O)NC(=O)C(CC(=O)O)NC(C)=O)NC(=O)COCCOCCNC(=O)C(CC(=O)O)NC(=O)C(CC(=O)O)NC(=O)C(CC(=O)O)NC(=O)CNC(C)=O. The Morgan fingerprint density at radius 3 is 1.07 bits per heavy atom. The van der Waals surface area contributed by atoms with Crippen LogP contribution in [0.3, 0.4) is 0 Å². The number of hydrogen-bond donors (Lipinski definition) is 23. The number of aliphatic carboxylic acids is 8. The molecular weight excluding hydrogens is 1640 g/mol. The first-order chi connectivity index (χ1) is 58.0. The summed E-state index contributed by atoms with van der Waals surface area (Å²) in [5, 5.41) is 108. The van der Waals surface area contributed by atoms with Gasteiger partial charge in [0, 0.05) is 39.9 Å². The third-order valence-electron chi connectivity index (χ3n) is 17.9. The summed E-state index contributed by atoms with van der Waals surface area (Å²) in [6, 6.07) is -16.3. The van der Waals surface area contributed by atoms with E-state index in [4.69, 9.17) is 29.8 Å². The minimum absolute atomic E-state index is 0.0445. The zero-order valence-corrected chi connectivity index (χ0v) is 69.5. The number of carboxylic acids is 8. The van der Waals surface area contributed by atoms with Gasteiger partial charge in [0.05, 0.1) is 109 Å². The summed E-state index contributed by atoms with van der Waals surface area (Å²) < 4.78 is 21.7. The number of unbranched alkanes of at least 4 members (excludes halogenated alkanes) is 8. The summed E-state index contributed by atoms with van der Waals surface area (Å²) in [6.07, 6.45) is 0.867. The summed E-state index contributed by atoms with van der Waals surface area (Å²) in [4.78, 5) is 273. The van der Waals surface area contributed by atoms with E-state index in [1.165, 1.54) is 0 Å². The molecule has 49 heteroatoms. The van der Waals surface area contributed by atoms with Crippen molar-refractivity contribution in [1.82, 2.24) is 74.4 Å². The van der Waals surface area contributed by atoms with Crippen LogP contribution in [0.15, 0.2) is 0 Å². The van der Waals surface area contributed by atoms with E-state index in [9.17, 15) is 141 Å². The van der Waals surface area contributed by atoms with Crippen molar-refractivity contribution in [3.8, 4) is 0 Å². The predicted molar refractivity (Wildman–Crippen MR) is 422 cm³/mol. The number of rotatable bonds is 74. The van der Waals surface area contributed by atoms with Crippen LogP contribution >= 0.6 is 0 Å². The normalized spacial score (nSPS) is 13.9. The van der Waals surface area contributed by atoms with Gasteiger partial charge in [-0.15, -0.1) is 0 Å². The lowest BCUT2D eigenvalue weighted by Crippen LogP contribution is -2.59. The van der Waals surface area contributed by atoms with Crippen LogP contribution in [-0.2, 0) is 124 Å². The number of carboxylic acid groups (broad SMARTS) is 8. The molecular formula is C74H121N15O34. The van der Waals surface area contributed by atoms with E-state index in [-0.39, 0.29) is 90.2 Å². The Kier molecular flexibility index (Phi) is 57.5.